The number of hydrogen-bond donors (Lipinski definition) is 2. The molecule has 2 heterocycles. The largest absolute Gasteiger partial charge is 0.508 e. The van der Waals surface area contributed by atoms with Gasteiger partial charge in [0, 0.05) is 24.9 Å². The van der Waals surface area contributed by atoms with Crippen molar-refractivity contribution in [2.75, 3.05) is 26.8 Å². The number of rotatable bonds is 4. The van der Waals surface area contributed by atoms with Gasteiger partial charge in [-0.05, 0) is 38.7 Å². The molecule has 0 aromatic rings. The van der Waals surface area contributed by atoms with Gasteiger partial charge in [0.2, 0.25) is 0 Å². The van der Waals surface area contributed by atoms with Crippen molar-refractivity contribution in [3.63, 3.8) is 0 Å². The molecule has 2 N–H and O–H groups in total. The van der Waals surface area contributed by atoms with Gasteiger partial charge in [0.15, 0.2) is 17.7 Å². The van der Waals surface area contributed by atoms with Gasteiger partial charge in [0.25, 0.3) is 5.91 Å². The number of aliphatic hydroxyl groups excluding tert-OH is 2. The van der Waals surface area contributed by atoms with Gasteiger partial charge in [-0.2, -0.15) is 0 Å². The van der Waals surface area contributed by atoms with Crippen molar-refractivity contribution in [3.8, 4) is 0 Å². The van der Waals surface area contributed by atoms with E-state index in [-0.39, 0.29) is 30.1 Å². The number of methoxy groups -OCH3 is 1. The molecule has 3 rings (SSSR count). The number of amides is 1. The van der Waals surface area contributed by atoms with E-state index in [9.17, 15) is 15.0 Å². The molecule has 27 heavy (non-hydrogen) atoms. The molecule has 1 aliphatic carbocycles. The summed E-state index contributed by atoms with van der Waals surface area (Å²) in [4.78, 5) is 14.8. The number of hydrogen-bond acceptors (Lipinski definition) is 6. The lowest BCUT2D eigenvalue weighted by molar-refractivity contribution is -0.159. The molecule has 2 fully saturated rings. The third-order valence-corrected chi connectivity index (χ3v) is 6.29. The Morgan fingerprint density at radius 1 is 1.41 bits per heavy atom. The molecule has 0 bridgehead atoms. The topological polar surface area (TPSA) is 88.5 Å². The first-order valence-corrected chi connectivity index (χ1v) is 9.50. The van der Waals surface area contributed by atoms with Crippen LogP contribution in [0.5, 0.6) is 0 Å². The molecule has 5 atom stereocenters. The molecule has 2 saturated heterocycles. The van der Waals surface area contributed by atoms with Crippen molar-refractivity contribution in [2.45, 2.75) is 52.1 Å². The van der Waals surface area contributed by atoms with Crippen LogP contribution < -0.4 is 0 Å². The number of ether oxygens (including phenoxy) is 3. The van der Waals surface area contributed by atoms with Crippen LogP contribution in [0.4, 0.5) is 0 Å². The van der Waals surface area contributed by atoms with Crippen LogP contribution in [0.2, 0.25) is 0 Å². The Bertz CT molecular complexity index is 655. The minimum atomic E-state index is -0.758. The fourth-order valence-corrected chi connectivity index (χ4v) is 4.45. The van der Waals surface area contributed by atoms with Gasteiger partial charge in [-0.1, -0.05) is 13.0 Å². The first-order chi connectivity index (χ1) is 12.6. The highest BCUT2D eigenvalue weighted by atomic mass is 16.7. The summed E-state index contributed by atoms with van der Waals surface area (Å²) in [7, 11) is 1.53. The maximum atomic E-state index is 13.0. The molecule has 2 aliphatic heterocycles. The molecule has 7 nitrogen and oxygen atoms in total. The van der Waals surface area contributed by atoms with Crippen molar-refractivity contribution in [1.29, 1.82) is 0 Å². The predicted octanol–water partition coefficient (Wildman–Crippen LogP) is 1.98. The van der Waals surface area contributed by atoms with Gasteiger partial charge in [0.1, 0.15) is 5.76 Å². The standard InChI is InChI=1S/C20H31NO6/c1-12(22)20(4)11-21(18(24)17-10-26-19(2,3)27-17)9-14(20)13-6-7-16(25-5)15(23)8-13/h6-7,12-14,17,22-23H,8-11H2,1-5H3/t12-,13?,14+,17+,20+/m1/s1. The highest BCUT2D eigenvalue weighted by Gasteiger charge is 2.52. The molecule has 0 saturated carbocycles. The second kappa shape index (κ2) is 7.11. The molecular formula is C20H31NO6. The summed E-state index contributed by atoms with van der Waals surface area (Å²) < 4.78 is 16.4. The van der Waals surface area contributed by atoms with Crippen molar-refractivity contribution in [3.05, 3.63) is 23.7 Å². The second-order valence-corrected chi connectivity index (χ2v) is 8.57. The van der Waals surface area contributed by atoms with Crippen LogP contribution in [-0.4, -0.2) is 65.8 Å². The van der Waals surface area contributed by atoms with E-state index in [4.69, 9.17) is 14.2 Å². The SMILES string of the molecule is COC1=C(O)CC([C@@H]2CN(C(=O)[C@@H]3COC(C)(C)O3)C[C@@]2(C)[C@@H](C)O)C=C1. The first kappa shape index (κ1) is 20.2. The molecule has 0 aromatic carbocycles. The number of carbonyl (C=O) groups is 1. The Labute approximate surface area is 160 Å². The molecule has 1 amide bonds. The van der Waals surface area contributed by atoms with E-state index in [0.717, 1.165) is 0 Å². The predicted molar refractivity (Wildman–Crippen MR) is 98.7 cm³/mol. The number of likely N-dealkylation sites (tertiary alicyclic amines) is 1. The van der Waals surface area contributed by atoms with E-state index in [1.54, 1.807) is 31.7 Å². The first-order valence-electron chi connectivity index (χ1n) is 9.50. The molecule has 3 aliphatic rings. The molecule has 152 valence electrons. The quantitative estimate of drug-likeness (QED) is 0.774. The second-order valence-electron chi connectivity index (χ2n) is 8.57. The summed E-state index contributed by atoms with van der Waals surface area (Å²) in [5.41, 5.74) is -0.482. The van der Waals surface area contributed by atoms with Crippen LogP contribution in [0, 0.1) is 17.3 Å². The highest BCUT2D eigenvalue weighted by molar-refractivity contribution is 5.81. The zero-order chi connectivity index (χ0) is 20.0. The smallest absolute Gasteiger partial charge is 0.254 e. The van der Waals surface area contributed by atoms with E-state index >= 15 is 0 Å². The van der Waals surface area contributed by atoms with Gasteiger partial charge in [-0.3, -0.25) is 4.79 Å². The normalized spacial score (nSPS) is 37.0. The maximum Gasteiger partial charge on any atom is 0.254 e. The summed E-state index contributed by atoms with van der Waals surface area (Å²) in [5.74, 6) is -0.169. The van der Waals surface area contributed by atoms with Gasteiger partial charge in [-0.25, -0.2) is 0 Å². The van der Waals surface area contributed by atoms with Gasteiger partial charge in [-0.15, -0.1) is 0 Å². The Morgan fingerprint density at radius 2 is 2.11 bits per heavy atom. The van der Waals surface area contributed by atoms with E-state index < -0.39 is 23.4 Å². The molecule has 0 aromatic heterocycles. The number of nitrogens with zero attached hydrogens (tertiary/aromatic N) is 1. The zero-order valence-corrected chi connectivity index (χ0v) is 16.8. The van der Waals surface area contributed by atoms with Crippen molar-refractivity contribution in [1.82, 2.24) is 4.90 Å². The summed E-state index contributed by atoms with van der Waals surface area (Å²) in [6, 6.07) is 0. The minimum Gasteiger partial charge on any atom is -0.508 e. The zero-order valence-electron chi connectivity index (χ0n) is 16.8. The summed E-state index contributed by atoms with van der Waals surface area (Å²) >= 11 is 0. The van der Waals surface area contributed by atoms with Crippen molar-refractivity contribution < 1.29 is 29.2 Å². The molecular weight excluding hydrogens is 350 g/mol. The highest BCUT2D eigenvalue weighted by Crippen LogP contribution is 2.46. The number of aliphatic hydroxyl groups is 2. The van der Waals surface area contributed by atoms with Crippen molar-refractivity contribution in [2.24, 2.45) is 17.3 Å². The fraction of sp³-hybridized carbons (Fsp3) is 0.750. The average molecular weight is 381 g/mol. The minimum absolute atomic E-state index is 0.00795. The Morgan fingerprint density at radius 3 is 2.63 bits per heavy atom. The Hall–Kier alpha value is -1.57. The van der Waals surface area contributed by atoms with Crippen LogP contribution in [0.25, 0.3) is 0 Å². The number of allylic oxidation sites excluding steroid dienone is 3. The van der Waals surface area contributed by atoms with Crippen molar-refractivity contribution >= 4 is 5.91 Å². The van der Waals surface area contributed by atoms with Crippen LogP contribution in [0.15, 0.2) is 23.7 Å². The third kappa shape index (κ3) is 3.73. The molecule has 7 heteroatoms. The maximum absolute atomic E-state index is 13.0. The fourth-order valence-electron chi connectivity index (χ4n) is 4.45. The third-order valence-electron chi connectivity index (χ3n) is 6.29. The van der Waals surface area contributed by atoms with Gasteiger partial charge in [0.05, 0.1) is 19.8 Å². The summed E-state index contributed by atoms with van der Waals surface area (Å²) in [6.07, 6.45) is 3.00. The Kier molecular flexibility index (Phi) is 5.31. The molecule has 0 radical (unpaired) electrons. The van der Waals surface area contributed by atoms with Gasteiger partial charge < -0.3 is 29.3 Å². The van der Waals surface area contributed by atoms with Crippen LogP contribution in [-0.2, 0) is 19.0 Å². The van der Waals surface area contributed by atoms with Crippen LogP contribution >= 0.6 is 0 Å². The van der Waals surface area contributed by atoms with Gasteiger partial charge >= 0.3 is 0 Å². The lowest BCUT2D eigenvalue weighted by Crippen LogP contribution is -2.43. The van der Waals surface area contributed by atoms with Crippen LogP contribution in [0.3, 0.4) is 0 Å². The van der Waals surface area contributed by atoms with E-state index in [1.165, 1.54) is 7.11 Å². The number of carbonyl (C=O) groups excluding carboxylic acids is 1. The molecule has 0 spiro atoms. The van der Waals surface area contributed by atoms with E-state index in [0.29, 0.717) is 25.3 Å². The summed E-state index contributed by atoms with van der Waals surface area (Å²) in [5, 5.41) is 20.7. The average Bonchev–Trinajstić information content (AvgIpc) is 3.15. The van der Waals surface area contributed by atoms with E-state index in [1.807, 2.05) is 13.0 Å². The van der Waals surface area contributed by atoms with Crippen LogP contribution in [0.1, 0.15) is 34.1 Å². The lowest BCUT2D eigenvalue weighted by atomic mass is 9.68. The van der Waals surface area contributed by atoms with E-state index in [2.05, 4.69) is 0 Å². The lowest BCUT2D eigenvalue weighted by Gasteiger charge is -2.37. The summed E-state index contributed by atoms with van der Waals surface area (Å²) in [6.45, 7) is 8.55. The molecule has 1 unspecified atom stereocenters. The Balaban J connectivity index is 1.78. The monoisotopic (exact) mass is 381 g/mol.